The highest BCUT2D eigenvalue weighted by molar-refractivity contribution is 6.09. The van der Waals surface area contributed by atoms with E-state index < -0.39 is 0 Å². The molecule has 3 aromatic carbocycles. The van der Waals surface area contributed by atoms with Crippen LogP contribution in [0.4, 0.5) is 0 Å². The Morgan fingerprint density at radius 2 is 1.89 bits per heavy atom. The van der Waals surface area contributed by atoms with E-state index in [1.165, 1.54) is 27.3 Å². The minimum absolute atomic E-state index is 0.137. The number of aromatic nitrogens is 1. The van der Waals surface area contributed by atoms with Crippen LogP contribution in [0.25, 0.3) is 32.9 Å². The molecule has 1 aliphatic heterocycles. The third-order valence-corrected chi connectivity index (χ3v) is 5.72. The van der Waals surface area contributed by atoms with E-state index in [2.05, 4.69) is 48.3 Å². The summed E-state index contributed by atoms with van der Waals surface area (Å²) in [5.74, 6) is 0.611. The van der Waals surface area contributed by atoms with Gasteiger partial charge in [0.15, 0.2) is 11.5 Å². The maximum absolute atomic E-state index is 10.3. The Balaban J connectivity index is 1.84. The van der Waals surface area contributed by atoms with E-state index in [1.54, 1.807) is 19.2 Å². The van der Waals surface area contributed by atoms with E-state index in [9.17, 15) is 5.11 Å². The molecule has 1 N–H and O–H groups in total. The zero-order valence-electron chi connectivity index (χ0n) is 16.1. The quantitative estimate of drug-likeness (QED) is 0.517. The highest BCUT2D eigenvalue weighted by Gasteiger charge is 2.23. The van der Waals surface area contributed by atoms with Gasteiger partial charge in [0.1, 0.15) is 0 Å². The molecule has 1 aromatic heterocycles. The Morgan fingerprint density at radius 3 is 2.71 bits per heavy atom. The van der Waals surface area contributed by atoms with Gasteiger partial charge in [-0.05, 0) is 59.6 Å². The zero-order valence-corrected chi connectivity index (χ0v) is 16.1. The summed E-state index contributed by atoms with van der Waals surface area (Å²) in [6.45, 7) is 1.88. The molecule has 0 unspecified atom stereocenters. The largest absolute Gasteiger partial charge is 0.504 e. The SMILES string of the molecule is COc1ccc(-c2nc3ccc4ccccc4c3c3c2CN(C)CC3)cc1O. The number of phenolic OH excluding ortho intramolecular Hbond substituents is 1. The molecule has 28 heavy (non-hydrogen) atoms. The topological polar surface area (TPSA) is 45.6 Å². The number of benzene rings is 3. The van der Waals surface area contributed by atoms with Gasteiger partial charge in [-0.2, -0.15) is 0 Å². The van der Waals surface area contributed by atoms with Crippen LogP contribution in [0.3, 0.4) is 0 Å². The Kier molecular flexibility index (Phi) is 3.95. The lowest BCUT2D eigenvalue weighted by Gasteiger charge is -2.28. The number of pyridine rings is 1. The summed E-state index contributed by atoms with van der Waals surface area (Å²) in [6, 6.07) is 18.3. The molecule has 0 saturated heterocycles. The second-order valence-corrected chi connectivity index (χ2v) is 7.47. The summed E-state index contributed by atoms with van der Waals surface area (Å²) in [4.78, 5) is 7.39. The van der Waals surface area contributed by atoms with E-state index in [-0.39, 0.29) is 5.75 Å². The fourth-order valence-corrected chi connectivity index (χ4v) is 4.33. The van der Waals surface area contributed by atoms with Crippen molar-refractivity contribution in [1.29, 1.82) is 0 Å². The van der Waals surface area contributed by atoms with E-state index >= 15 is 0 Å². The van der Waals surface area contributed by atoms with Gasteiger partial charge in [0.05, 0.1) is 18.3 Å². The standard InChI is InChI=1S/C24H22N2O2/c1-26-12-11-18-19(14-26)24(16-8-10-22(28-2)21(27)13-16)25-20-9-7-15-5-3-4-6-17(15)23(18)20/h3-10,13,27H,11-12,14H2,1-2H3. The third kappa shape index (κ3) is 2.60. The van der Waals surface area contributed by atoms with Gasteiger partial charge in [-0.3, -0.25) is 0 Å². The van der Waals surface area contributed by atoms with Crippen LogP contribution >= 0.6 is 0 Å². The van der Waals surface area contributed by atoms with E-state index in [0.717, 1.165) is 36.3 Å². The van der Waals surface area contributed by atoms with Gasteiger partial charge in [-0.25, -0.2) is 4.98 Å². The number of nitrogens with zero attached hydrogens (tertiary/aromatic N) is 2. The molecule has 0 spiro atoms. The number of rotatable bonds is 2. The number of aromatic hydroxyl groups is 1. The van der Waals surface area contributed by atoms with E-state index in [0.29, 0.717) is 5.75 Å². The van der Waals surface area contributed by atoms with Crippen LogP contribution in [0.5, 0.6) is 11.5 Å². The molecular formula is C24H22N2O2. The summed E-state index contributed by atoms with van der Waals surface area (Å²) >= 11 is 0. The van der Waals surface area contributed by atoms with Gasteiger partial charge >= 0.3 is 0 Å². The predicted molar refractivity (Wildman–Crippen MR) is 113 cm³/mol. The Hall–Kier alpha value is -3.11. The first-order valence-corrected chi connectivity index (χ1v) is 9.55. The second kappa shape index (κ2) is 6.50. The molecule has 0 atom stereocenters. The van der Waals surface area contributed by atoms with Crippen molar-refractivity contribution in [3.8, 4) is 22.8 Å². The molecule has 2 heterocycles. The number of hydrogen-bond acceptors (Lipinski definition) is 4. The van der Waals surface area contributed by atoms with E-state index in [1.807, 2.05) is 6.07 Å². The number of likely N-dealkylation sites (N-methyl/N-ethyl adjacent to an activating group) is 1. The molecule has 0 radical (unpaired) electrons. The number of hydrogen-bond donors (Lipinski definition) is 1. The van der Waals surface area contributed by atoms with Gasteiger partial charge in [0, 0.05) is 24.0 Å². The first-order valence-electron chi connectivity index (χ1n) is 9.55. The van der Waals surface area contributed by atoms with Gasteiger partial charge in [-0.1, -0.05) is 30.3 Å². The summed E-state index contributed by atoms with van der Waals surface area (Å²) in [7, 11) is 3.70. The lowest BCUT2D eigenvalue weighted by molar-refractivity contribution is 0.314. The summed E-state index contributed by atoms with van der Waals surface area (Å²) < 4.78 is 5.21. The Labute approximate surface area is 164 Å². The molecular weight excluding hydrogens is 348 g/mol. The molecule has 0 bridgehead atoms. The summed E-state index contributed by atoms with van der Waals surface area (Å²) in [6.07, 6.45) is 0.994. The number of fused-ring (bicyclic) bond motifs is 5. The molecule has 0 aliphatic carbocycles. The average molecular weight is 370 g/mol. The summed E-state index contributed by atoms with van der Waals surface area (Å²) in [5.41, 5.74) is 5.50. The molecule has 0 amide bonds. The number of methoxy groups -OCH3 is 1. The molecule has 140 valence electrons. The molecule has 4 nitrogen and oxygen atoms in total. The fourth-order valence-electron chi connectivity index (χ4n) is 4.33. The smallest absolute Gasteiger partial charge is 0.160 e. The molecule has 0 saturated carbocycles. The molecule has 5 rings (SSSR count). The second-order valence-electron chi connectivity index (χ2n) is 7.47. The Morgan fingerprint density at radius 1 is 1.04 bits per heavy atom. The molecule has 0 fully saturated rings. The zero-order chi connectivity index (χ0) is 19.3. The molecule has 4 heteroatoms. The molecule has 1 aliphatic rings. The van der Waals surface area contributed by atoms with Crippen molar-refractivity contribution >= 4 is 21.7 Å². The lowest BCUT2D eigenvalue weighted by atomic mass is 9.89. The van der Waals surface area contributed by atoms with Crippen molar-refractivity contribution in [2.24, 2.45) is 0 Å². The van der Waals surface area contributed by atoms with Crippen molar-refractivity contribution in [2.45, 2.75) is 13.0 Å². The van der Waals surface area contributed by atoms with Crippen molar-refractivity contribution in [3.05, 3.63) is 65.7 Å². The molecule has 4 aromatic rings. The first-order chi connectivity index (χ1) is 13.7. The Bertz CT molecular complexity index is 1220. The van der Waals surface area contributed by atoms with Gasteiger partial charge in [0.25, 0.3) is 0 Å². The van der Waals surface area contributed by atoms with E-state index in [4.69, 9.17) is 9.72 Å². The highest BCUT2D eigenvalue weighted by atomic mass is 16.5. The van der Waals surface area contributed by atoms with Crippen LogP contribution in [0.15, 0.2) is 54.6 Å². The minimum atomic E-state index is 0.137. The summed E-state index contributed by atoms with van der Waals surface area (Å²) in [5, 5.41) is 14.1. The number of ether oxygens (including phenoxy) is 1. The van der Waals surface area contributed by atoms with Crippen LogP contribution in [-0.4, -0.2) is 35.7 Å². The fraction of sp³-hybridized carbons (Fsp3) is 0.208. The van der Waals surface area contributed by atoms with Crippen molar-refractivity contribution < 1.29 is 9.84 Å². The van der Waals surface area contributed by atoms with Crippen molar-refractivity contribution in [2.75, 3.05) is 20.7 Å². The van der Waals surface area contributed by atoms with Gasteiger partial charge in [0.2, 0.25) is 0 Å². The normalized spacial score (nSPS) is 14.4. The van der Waals surface area contributed by atoms with Crippen molar-refractivity contribution in [1.82, 2.24) is 9.88 Å². The average Bonchev–Trinajstić information content (AvgIpc) is 2.72. The van der Waals surface area contributed by atoms with Crippen LogP contribution in [0, 0.1) is 0 Å². The maximum atomic E-state index is 10.3. The van der Waals surface area contributed by atoms with Crippen LogP contribution < -0.4 is 4.74 Å². The van der Waals surface area contributed by atoms with Crippen LogP contribution in [-0.2, 0) is 13.0 Å². The van der Waals surface area contributed by atoms with Gasteiger partial charge in [-0.15, -0.1) is 0 Å². The number of phenols is 1. The van der Waals surface area contributed by atoms with Crippen LogP contribution in [0.2, 0.25) is 0 Å². The first kappa shape index (κ1) is 17.0. The predicted octanol–water partition coefficient (Wildman–Crippen LogP) is 4.76. The highest BCUT2D eigenvalue weighted by Crippen LogP contribution is 2.39. The lowest BCUT2D eigenvalue weighted by Crippen LogP contribution is -2.27. The maximum Gasteiger partial charge on any atom is 0.160 e. The van der Waals surface area contributed by atoms with Crippen LogP contribution in [0.1, 0.15) is 11.1 Å². The van der Waals surface area contributed by atoms with Gasteiger partial charge < -0.3 is 14.7 Å². The van der Waals surface area contributed by atoms with Crippen molar-refractivity contribution in [3.63, 3.8) is 0 Å². The third-order valence-electron chi connectivity index (χ3n) is 5.72. The minimum Gasteiger partial charge on any atom is -0.504 e. The monoisotopic (exact) mass is 370 g/mol.